The van der Waals surface area contributed by atoms with E-state index in [0.717, 1.165) is 19.6 Å². The second-order valence-electron chi connectivity index (χ2n) is 5.11. The highest BCUT2D eigenvalue weighted by atomic mass is 32.2. The van der Waals surface area contributed by atoms with Crippen LogP contribution in [0.1, 0.15) is 0 Å². The smallest absolute Gasteiger partial charge is 0.182 e. The minimum absolute atomic E-state index is 0.726. The second kappa shape index (κ2) is 6.71. The maximum absolute atomic E-state index is 14.0. The van der Waals surface area contributed by atoms with Crippen LogP contribution in [0.15, 0.2) is 105 Å². The van der Waals surface area contributed by atoms with Crippen molar-refractivity contribution in [2.75, 3.05) is 6.26 Å². The summed E-state index contributed by atoms with van der Waals surface area (Å²) in [7, 11) is -2.57. The average molecular weight is 341 g/mol. The van der Waals surface area contributed by atoms with Gasteiger partial charge in [-0.25, -0.2) is 0 Å². The van der Waals surface area contributed by atoms with Crippen LogP contribution in [0.25, 0.3) is 0 Å². The Hall–Kier alpha value is -1.88. The van der Waals surface area contributed by atoms with Crippen LogP contribution in [0.5, 0.6) is 0 Å². The van der Waals surface area contributed by atoms with E-state index in [1.807, 2.05) is 72.8 Å². The molecule has 3 rings (SSSR count). The van der Waals surface area contributed by atoms with Crippen LogP contribution in [0, 0.1) is 0 Å². The fraction of sp³-hybridized carbons (Fsp3) is 0.0526. The Kier molecular flexibility index (Phi) is 4.66. The van der Waals surface area contributed by atoms with E-state index in [-0.39, 0.29) is 0 Å². The lowest BCUT2D eigenvalue weighted by atomic mass is 10.4. The molecule has 0 aliphatic heterocycles. The zero-order valence-electron chi connectivity index (χ0n) is 12.7. The summed E-state index contributed by atoms with van der Waals surface area (Å²) in [6.07, 6.45) is 1.64. The summed E-state index contributed by atoms with van der Waals surface area (Å²) in [4.78, 5) is 3.01. The number of benzene rings is 3. The third-order valence-corrected chi connectivity index (χ3v) is 7.38. The standard InChI is InChI=1S/C19H17O2S2/c1-22(20)16-12-14-19(15-13-16)23(21,17-8-4-2-5-9-17)18-10-6-3-7-11-18/h2-15H,1H3/q+1. The molecule has 2 nitrogen and oxygen atoms in total. The van der Waals surface area contributed by atoms with Gasteiger partial charge >= 0.3 is 0 Å². The van der Waals surface area contributed by atoms with Gasteiger partial charge in [-0.3, -0.25) is 0 Å². The Labute approximate surface area is 140 Å². The van der Waals surface area contributed by atoms with Gasteiger partial charge in [-0.15, -0.1) is 0 Å². The van der Waals surface area contributed by atoms with E-state index in [0.29, 0.717) is 0 Å². The van der Waals surface area contributed by atoms with E-state index in [1.54, 1.807) is 18.4 Å². The lowest BCUT2D eigenvalue weighted by molar-refractivity contribution is 0.583. The summed E-state index contributed by atoms with van der Waals surface area (Å²) in [5, 5.41) is 0. The Bertz CT molecular complexity index is 770. The van der Waals surface area contributed by atoms with Crippen molar-refractivity contribution in [2.45, 2.75) is 19.6 Å². The van der Waals surface area contributed by atoms with Crippen molar-refractivity contribution in [3.8, 4) is 0 Å². The summed E-state index contributed by atoms with van der Waals surface area (Å²) in [6, 6.07) is 26.2. The van der Waals surface area contributed by atoms with E-state index < -0.39 is 21.1 Å². The van der Waals surface area contributed by atoms with Crippen molar-refractivity contribution in [2.24, 2.45) is 0 Å². The maximum Gasteiger partial charge on any atom is 0.182 e. The van der Waals surface area contributed by atoms with Gasteiger partial charge in [0.1, 0.15) is 6.26 Å². The molecule has 0 fully saturated rings. The summed E-state index contributed by atoms with van der Waals surface area (Å²) in [5.74, 6) is 0. The third-order valence-electron chi connectivity index (χ3n) is 3.64. The fourth-order valence-corrected chi connectivity index (χ4v) is 5.39. The van der Waals surface area contributed by atoms with Gasteiger partial charge in [0, 0.05) is 0 Å². The molecule has 0 spiro atoms. The third kappa shape index (κ3) is 3.11. The molecule has 1 atom stereocenters. The van der Waals surface area contributed by atoms with Crippen LogP contribution < -0.4 is 0 Å². The summed E-state index contributed by atoms with van der Waals surface area (Å²) in [5.41, 5.74) is 0. The Morgan fingerprint density at radius 2 is 1.09 bits per heavy atom. The first-order chi connectivity index (χ1) is 11.1. The molecule has 0 aliphatic carbocycles. The molecule has 0 saturated carbocycles. The molecule has 0 bridgehead atoms. The molecular formula is C19H17O2S2+. The van der Waals surface area contributed by atoms with Crippen molar-refractivity contribution >= 4 is 21.1 Å². The molecule has 0 amide bonds. The van der Waals surface area contributed by atoms with Crippen molar-refractivity contribution in [1.82, 2.24) is 0 Å². The highest BCUT2D eigenvalue weighted by molar-refractivity contribution is 8.03. The first-order valence-electron chi connectivity index (χ1n) is 7.20. The van der Waals surface area contributed by atoms with Crippen LogP contribution in [0.4, 0.5) is 0 Å². The van der Waals surface area contributed by atoms with Gasteiger partial charge in [0.2, 0.25) is 0 Å². The van der Waals surface area contributed by atoms with Crippen molar-refractivity contribution in [1.29, 1.82) is 0 Å². The average Bonchev–Trinajstić information content (AvgIpc) is 2.62. The zero-order valence-corrected chi connectivity index (χ0v) is 14.3. The van der Waals surface area contributed by atoms with E-state index >= 15 is 0 Å². The molecule has 3 aromatic rings. The van der Waals surface area contributed by atoms with Crippen LogP contribution in [0.3, 0.4) is 0 Å². The molecular weight excluding hydrogens is 324 g/mol. The Balaban J connectivity index is 2.19. The quantitative estimate of drug-likeness (QED) is 0.660. The highest BCUT2D eigenvalue weighted by Crippen LogP contribution is 2.36. The molecule has 4 heteroatoms. The topological polar surface area (TPSA) is 40.1 Å². The molecule has 0 aliphatic rings. The zero-order chi connectivity index (χ0) is 16.3. The number of hydrogen-bond acceptors (Lipinski definition) is 2. The van der Waals surface area contributed by atoms with Crippen molar-refractivity contribution in [3.05, 3.63) is 84.9 Å². The van der Waals surface area contributed by atoms with Gasteiger partial charge in [0.05, 0.1) is 0 Å². The predicted octanol–water partition coefficient (Wildman–Crippen LogP) is 4.40. The maximum atomic E-state index is 14.0. The Morgan fingerprint density at radius 3 is 1.48 bits per heavy atom. The minimum atomic E-state index is -2.57. The van der Waals surface area contributed by atoms with Gasteiger partial charge in [-0.1, -0.05) is 40.6 Å². The van der Waals surface area contributed by atoms with Crippen LogP contribution in [-0.4, -0.2) is 10.8 Å². The molecule has 0 N–H and O–H groups in total. The number of rotatable bonds is 4. The molecule has 1 unspecified atom stereocenters. The largest absolute Gasteiger partial charge is 0.612 e. The van der Waals surface area contributed by atoms with Gasteiger partial charge in [-0.2, -0.15) is 0 Å². The predicted molar refractivity (Wildman–Crippen MR) is 94.5 cm³/mol. The first-order valence-corrected chi connectivity index (χ1v) is 10.3. The first kappa shape index (κ1) is 16.0. The van der Waals surface area contributed by atoms with E-state index in [4.69, 9.17) is 0 Å². The van der Waals surface area contributed by atoms with E-state index in [1.165, 1.54) is 0 Å². The summed E-state index contributed by atoms with van der Waals surface area (Å²) >= 11 is -1.05. The summed E-state index contributed by atoms with van der Waals surface area (Å²) in [6.45, 7) is 0. The lowest BCUT2D eigenvalue weighted by Gasteiger charge is -2.12. The van der Waals surface area contributed by atoms with Crippen LogP contribution >= 0.6 is 0 Å². The van der Waals surface area contributed by atoms with Gasteiger partial charge in [0.25, 0.3) is 0 Å². The highest BCUT2D eigenvalue weighted by Gasteiger charge is 2.37. The van der Waals surface area contributed by atoms with Crippen molar-refractivity contribution < 1.29 is 8.76 Å². The Morgan fingerprint density at radius 1 is 0.696 bits per heavy atom. The molecule has 0 radical (unpaired) electrons. The monoisotopic (exact) mass is 341 g/mol. The van der Waals surface area contributed by atoms with E-state index in [9.17, 15) is 8.76 Å². The normalized spacial score (nSPS) is 12.8. The molecule has 0 heterocycles. The number of hydrogen-bond donors (Lipinski definition) is 0. The SMILES string of the molecule is C[S+]([O-])c1ccc([S+](=O)(c2ccccc2)c2ccccc2)cc1. The fourth-order valence-electron chi connectivity index (χ4n) is 2.46. The minimum Gasteiger partial charge on any atom is -0.612 e. The summed E-state index contributed by atoms with van der Waals surface area (Å²) < 4.78 is 25.6. The van der Waals surface area contributed by atoms with E-state index in [2.05, 4.69) is 0 Å². The molecule has 0 aromatic heterocycles. The lowest BCUT2D eigenvalue weighted by Crippen LogP contribution is -2.13. The van der Waals surface area contributed by atoms with Gasteiger partial charge in [0.15, 0.2) is 29.5 Å². The van der Waals surface area contributed by atoms with Crippen molar-refractivity contribution in [3.63, 3.8) is 0 Å². The second-order valence-corrected chi connectivity index (χ2v) is 9.01. The molecule has 23 heavy (non-hydrogen) atoms. The van der Waals surface area contributed by atoms with Crippen LogP contribution in [-0.2, 0) is 25.3 Å². The van der Waals surface area contributed by atoms with Crippen LogP contribution in [0.2, 0.25) is 0 Å². The molecule has 0 saturated heterocycles. The molecule has 3 aromatic carbocycles. The van der Waals surface area contributed by atoms with Gasteiger partial charge < -0.3 is 4.55 Å². The molecule has 116 valence electrons. The van der Waals surface area contributed by atoms with Gasteiger partial charge in [-0.05, 0) is 59.7 Å².